The molecule has 0 aliphatic carbocycles. The summed E-state index contributed by atoms with van der Waals surface area (Å²) >= 11 is 0. The van der Waals surface area contributed by atoms with Crippen LogP contribution >= 0.6 is 8.15 Å². The van der Waals surface area contributed by atoms with Crippen LogP contribution in [0.15, 0.2) is 0 Å². The van der Waals surface area contributed by atoms with E-state index in [-0.39, 0.29) is 8.15 Å². The minimum atomic E-state index is -0.370. The lowest BCUT2D eigenvalue weighted by molar-refractivity contribution is 0.646. The van der Waals surface area contributed by atoms with E-state index in [9.17, 15) is 0 Å². The largest absolute Gasteiger partial charge is 0.374 e. The van der Waals surface area contributed by atoms with Crippen molar-refractivity contribution in [2.24, 2.45) is 0 Å². The third-order valence-electron chi connectivity index (χ3n) is 0.424. The average molecular weight is 76.0 g/mol. The molecule has 0 spiro atoms. The van der Waals surface area contributed by atoms with Crippen LogP contribution in [-0.4, -0.2) is 17.2 Å². The second-order valence-corrected chi connectivity index (χ2v) is 2.86. The van der Waals surface area contributed by atoms with Crippen LogP contribution in [0.2, 0.25) is 0 Å². The molecule has 0 aromatic heterocycles. The molecule has 4 heavy (non-hydrogen) atoms. The molecular formula is C2H5OP. The molecule has 0 amide bonds. The SMILES string of the molecule is OP1CC1. The van der Waals surface area contributed by atoms with Gasteiger partial charge in [-0.25, -0.2) is 0 Å². The highest BCUT2D eigenvalue weighted by atomic mass is 31.2. The van der Waals surface area contributed by atoms with Gasteiger partial charge in [0, 0.05) is 8.15 Å². The van der Waals surface area contributed by atoms with E-state index in [1.54, 1.807) is 0 Å². The summed E-state index contributed by atoms with van der Waals surface area (Å²) in [5.74, 6) is 0. The summed E-state index contributed by atoms with van der Waals surface area (Å²) in [5.41, 5.74) is 0. The molecule has 0 aromatic carbocycles. The summed E-state index contributed by atoms with van der Waals surface area (Å²) in [5, 5.41) is 0. The zero-order chi connectivity index (χ0) is 2.99. The van der Waals surface area contributed by atoms with Crippen LogP contribution in [0.25, 0.3) is 0 Å². The minimum Gasteiger partial charge on any atom is -0.374 e. The molecule has 1 aliphatic heterocycles. The Labute approximate surface area is 26.5 Å². The molecule has 1 nitrogen and oxygen atoms in total. The smallest absolute Gasteiger partial charge is 0.0260 e. The molecule has 1 fully saturated rings. The maximum absolute atomic E-state index is 8.23. The zero-order valence-electron chi connectivity index (χ0n) is 2.31. The lowest BCUT2D eigenvalue weighted by atomic mass is 11.0. The standard InChI is InChI=1S/C2H5OP/c3-4-1-2-4/h3H,1-2H2. The summed E-state index contributed by atoms with van der Waals surface area (Å²) in [6.07, 6.45) is 2.21. The first kappa shape index (κ1) is 2.62. The van der Waals surface area contributed by atoms with Crippen LogP contribution in [0, 0.1) is 0 Å². The zero-order valence-corrected chi connectivity index (χ0v) is 3.20. The Balaban J connectivity index is 2.17. The van der Waals surface area contributed by atoms with Crippen LogP contribution in [0.3, 0.4) is 0 Å². The molecule has 0 radical (unpaired) electrons. The van der Waals surface area contributed by atoms with E-state index in [0.29, 0.717) is 0 Å². The van der Waals surface area contributed by atoms with Gasteiger partial charge in [-0.05, 0) is 12.3 Å². The Morgan fingerprint density at radius 3 is 1.75 bits per heavy atom. The monoisotopic (exact) mass is 76.0 g/mol. The Kier molecular flexibility index (Phi) is 0.436. The van der Waals surface area contributed by atoms with Gasteiger partial charge in [-0.3, -0.25) is 0 Å². The van der Waals surface area contributed by atoms with Gasteiger partial charge in [0.05, 0.1) is 0 Å². The topological polar surface area (TPSA) is 20.2 Å². The number of rotatable bonds is 0. The van der Waals surface area contributed by atoms with E-state index in [2.05, 4.69) is 0 Å². The van der Waals surface area contributed by atoms with E-state index < -0.39 is 0 Å². The van der Waals surface area contributed by atoms with Crippen LogP contribution in [0.1, 0.15) is 0 Å². The lowest BCUT2D eigenvalue weighted by Crippen LogP contribution is -1.21. The molecule has 1 rings (SSSR count). The molecule has 0 unspecified atom stereocenters. The fraction of sp³-hybridized carbons (Fsp3) is 1.00. The second kappa shape index (κ2) is 0.667. The van der Waals surface area contributed by atoms with Crippen molar-refractivity contribution >= 4 is 8.15 Å². The predicted octanol–water partition coefficient (Wildman–Crippen LogP) is 0.389. The van der Waals surface area contributed by atoms with Gasteiger partial charge in [-0.1, -0.05) is 0 Å². The summed E-state index contributed by atoms with van der Waals surface area (Å²) < 4.78 is 0. The van der Waals surface area contributed by atoms with Crippen molar-refractivity contribution in [2.45, 2.75) is 0 Å². The molecule has 1 N–H and O–H groups in total. The summed E-state index contributed by atoms with van der Waals surface area (Å²) in [7, 11) is -0.370. The maximum atomic E-state index is 8.23. The Morgan fingerprint density at radius 2 is 1.75 bits per heavy atom. The maximum Gasteiger partial charge on any atom is 0.0260 e. The van der Waals surface area contributed by atoms with Crippen LogP contribution in [-0.2, 0) is 0 Å². The summed E-state index contributed by atoms with van der Waals surface area (Å²) in [4.78, 5) is 8.23. The Morgan fingerprint density at radius 1 is 1.50 bits per heavy atom. The Bertz CT molecular complexity index is 25.2. The fourth-order valence-electron chi connectivity index (χ4n) is 0.0447. The minimum absolute atomic E-state index is 0.370. The lowest BCUT2D eigenvalue weighted by Gasteiger charge is -1.58. The number of hydrogen-bond donors (Lipinski definition) is 1. The second-order valence-electron chi connectivity index (χ2n) is 0.954. The number of hydrogen-bond acceptors (Lipinski definition) is 1. The van der Waals surface area contributed by atoms with Crippen molar-refractivity contribution in [1.29, 1.82) is 0 Å². The third kappa shape index (κ3) is 0.402. The van der Waals surface area contributed by atoms with Crippen molar-refractivity contribution < 1.29 is 4.89 Å². The molecule has 0 saturated carbocycles. The van der Waals surface area contributed by atoms with Gasteiger partial charge < -0.3 is 4.89 Å². The van der Waals surface area contributed by atoms with Gasteiger partial charge in [0.15, 0.2) is 0 Å². The van der Waals surface area contributed by atoms with Gasteiger partial charge in [0.1, 0.15) is 0 Å². The molecular weight excluding hydrogens is 71.0 g/mol. The van der Waals surface area contributed by atoms with Gasteiger partial charge in [0.2, 0.25) is 0 Å². The first-order valence-electron chi connectivity index (χ1n) is 1.33. The van der Waals surface area contributed by atoms with Crippen molar-refractivity contribution in [1.82, 2.24) is 0 Å². The third-order valence-corrected chi connectivity index (χ3v) is 1.27. The molecule has 1 aliphatic rings. The molecule has 0 aromatic rings. The van der Waals surface area contributed by atoms with Crippen LogP contribution in [0.5, 0.6) is 0 Å². The van der Waals surface area contributed by atoms with E-state index in [4.69, 9.17) is 4.89 Å². The van der Waals surface area contributed by atoms with Crippen molar-refractivity contribution in [3.8, 4) is 0 Å². The first-order valence-corrected chi connectivity index (χ1v) is 3.00. The normalized spacial score (nSPS) is 26.2. The quantitative estimate of drug-likeness (QED) is 0.414. The van der Waals surface area contributed by atoms with Gasteiger partial charge in [0.25, 0.3) is 0 Å². The van der Waals surface area contributed by atoms with E-state index >= 15 is 0 Å². The van der Waals surface area contributed by atoms with Crippen molar-refractivity contribution in [3.05, 3.63) is 0 Å². The predicted molar refractivity (Wildman–Crippen MR) is 18.9 cm³/mol. The highest BCUT2D eigenvalue weighted by molar-refractivity contribution is 7.59. The first-order chi connectivity index (χ1) is 1.89. The fourth-order valence-corrected chi connectivity index (χ4v) is 0.402. The highest BCUT2D eigenvalue weighted by Crippen LogP contribution is 2.44. The summed E-state index contributed by atoms with van der Waals surface area (Å²) in [6.45, 7) is 0. The van der Waals surface area contributed by atoms with E-state index in [1.807, 2.05) is 0 Å². The van der Waals surface area contributed by atoms with Gasteiger partial charge in [-0.2, -0.15) is 0 Å². The molecule has 0 atom stereocenters. The van der Waals surface area contributed by atoms with E-state index in [0.717, 1.165) is 12.3 Å². The molecule has 1 heterocycles. The van der Waals surface area contributed by atoms with Crippen LogP contribution < -0.4 is 0 Å². The van der Waals surface area contributed by atoms with Gasteiger partial charge in [-0.15, -0.1) is 0 Å². The molecule has 1 saturated heterocycles. The average Bonchev–Trinajstić information content (AvgIpc) is 1.75. The van der Waals surface area contributed by atoms with E-state index in [1.165, 1.54) is 0 Å². The Hall–Kier alpha value is 0.390. The van der Waals surface area contributed by atoms with Gasteiger partial charge >= 0.3 is 0 Å². The summed E-state index contributed by atoms with van der Waals surface area (Å²) in [6, 6.07) is 0. The van der Waals surface area contributed by atoms with Crippen LogP contribution in [0.4, 0.5) is 0 Å². The highest BCUT2D eigenvalue weighted by Gasteiger charge is 2.15. The molecule has 24 valence electrons. The molecule has 2 heteroatoms. The van der Waals surface area contributed by atoms with Crippen molar-refractivity contribution in [3.63, 3.8) is 0 Å². The molecule has 0 bridgehead atoms. The van der Waals surface area contributed by atoms with Crippen molar-refractivity contribution in [2.75, 3.05) is 12.3 Å².